The summed E-state index contributed by atoms with van der Waals surface area (Å²) in [5.74, 6) is 0.831. The number of aliphatic imine (C=N–C) groups is 1. The molecule has 0 radical (unpaired) electrons. The van der Waals surface area contributed by atoms with Crippen LogP contribution in [0.5, 0.6) is 11.5 Å². The average molecular weight is 393 g/mol. The summed E-state index contributed by atoms with van der Waals surface area (Å²) in [7, 11) is -0.283. The molecule has 10 heteroatoms. The highest BCUT2D eigenvalue weighted by Crippen LogP contribution is 2.25. The summed E-state index contributed by atoms with van der Waals surface area (Å²) in [5.41, 5.74) is 0.440. The molecule has 26 heavy (non-hydrogen) atoms. The fraction of sp³-hybridized carbons (Fsp3) is 0.562. The number of rotatable bonds is 8. The van der Waals surface area contributed by atoms with Crippen LogP contribution in [0, 0.1) is 0 Å². The number of hydrogen-bond acceptors (Lipinski definition) is 5. The van der Waals surface area contributed by atoms with Crippen LogP contribution in [-0.4, -0.2) is 52.7 Å². The third-order valence-electron chi connectivity index (χ3n) is 3.84. The molecule has 7 nitrogen and oxygen atoms in total. The maximum atomic E-state index is 12.5. The lowest BCUT2D eigenvalue weighted by atomic mass is 10.2. The molecule has 0 amide bonds. The summed E-state index contributed by atoms with van der Waals surface area (Å²) in [6.07, 6.45) is 1.16. The van der Waals surface area contributed by atoms with Gasteiger partial charge in [-0.05, 0) is 32.0 Å². The molecular weight excluding hydrogens is 368 g/mol. The maximum Gasteiger partial charge on any atom is 0.387 e. The zero-order valence-electron chi connectivity index (χ0n) is 15.5. The summed E-state index contributed by atoms with van der Waals surface area (Å²) in [6.45, 7) is 0.496. The first kappa shape index (κ1) is 21.9. The van der Waals surface area contributed by atoms with E-state index >= 15 is 0 Å². The van der Waals surface area contributed by atoms with Crippen molar-refractivity contribution in [3.05, 3.63) is 23.8 Å². The Kier molecular flexibility index (Phi) is 7.61. The van der Waals surface area contributed by atoms with Gasteiger partial charge in [-0.3, -0.25) is 4.99 Å². The molecule has 0 atom stereocenters. The van der Waals surface area contributed by atoms with Gasteiger partial charge in [0.1, 0.15) is 11.5 Å². The van der Waals surface area contributed by atoms with Crippen molar-refractivity contribution < 1.29 is 26.7 Å². The van der Waals surface area contributed by atoms with Gasteiger partial charge in [-0.15, -0.1) is 0 Å². The highest BCUT2D eigenvalue weighted by atomic mass is 32.2. The van der Waals surface area contributed by atoms with E-state index in [0.717, 1.165) is 6.26 Å². The Bertz CT molecular complexity index is 737. The number of halogens is 2. The van der Waals surface area contributed by atoms with E-state index in [2.05, 4.69) is 20.4 Å². The molecule has 0 aliphatic rings. The fourth-order valence-corrected chi connectivity index (χ4v) is 2.19. The van der Waals surface area contributed by atoms with Gasteiger partial charge in [-0.1, -0.05) is 0 Å². The van der Waals surface area contributed by atoms with E-state index in [0.29, 0.717) is 17.3 Å². The number of benzene rings is 1. The Hall–Kier alpha value is -2.10. The number of nitrogens with one attached hydrogen (secondary N) is 2. The van der Waals surface area contributed by atoms with Crippen molar-refractivity contribution in [1.29, 1.82) is 0 Å². The molecule has 0 bridgehead atoms. The third-order valence-corrected chi connectivity index (χ3v) is 5.99. The first-order valence-electron chi connectivity index (χ1n) is 7.76. The van der Waals surface area contributed by atoms with Gasteiger partial charge < -0.3 is 20.1 Å². The average Bonchev–Trinajstić information content (AvgIpc) is 2.54. The fourth-order valence-electron chi connectivity index (χ4n) is 1.86. The number of nitrogens with zero attached hydrogens (tertiary/aromatic N) is 1. The summed E-state index contributed by atoms with van der Waals surface area (Å²) < 4.78 is 57.2. The minimum absolute atomic E-state index is 0.0141. The second-order valence-corrected chi connectivity index (χ2v) is 8.81. The van der Waals surface area contributed by atoms with Crippen LogP contribution in [0.4, 0.5) is 8.78 Å². The van der Waals surface area contributed by atoms with E-state index < -0.39 is 21.2 Å². The second kappa shape index (κ2) is 9.02. The van der Waals surface area contributed by atoms with Crippen molar-refractivity contribution in [2.45, 2.75) is 31.8 Å². The van der Waals surface area contributed by atoms with Crippen molar-refractivity contribution >= 4 is 15.8 Å². The number of methoxy groups -OCH3 is 1. The largest absolute Gasteiger partial charge is 0.497 e. The molecule has 0 unspecified atom stereocenters. The van der Waals surface area contributed by atoms with Crippen LogP contribution in [0.15, 0.2) is 23.2 Å². The van der Waals surface area contributed by atoms with Gasteiger partial charge in [0.05, 0.1) is 11.9 Å². The number of guanidine groups is 1. The van der Waals surface area contributed by atoms with Gasteiger partial charge in [-0.25, -0.2) is 8.42 Å². The topological polar surface area (TPSA) is 89.0 Å². The van der Waals surface area contributed by atoms with Crippen molar-refractivity contribution in [3.8, 4) is 11.5 Å². The van der Waals surface area contributed by atoms with Crippen LogP contribution in [0.3, 0.4) is 0 Å². The molecular formula is C16H25F2N3O4S. The number of alkyl halides is 2. The lowest BCUT2D eigenvalue weighted by Crippen LogP contribution is -2.47. The molecule has 1 aromatic carbocycles. The van der Waals surface area contributed by atoms with Crippen LogP contribution in [-0.2, 0) is 16.4 Å². The highest BCUT2D eigenvalue weighted by molar-refractivity contribution is 7.92. The van der Waals surface area contributed by atoms with Crippen LogP contribution < -0.4 is 20.1 Å². The van der Waals surface area contributed by atoms with Gasteiger partial charge in [0.2, 0.25) is 0 Å². The standard InChI is InChI=1S/C16H25F2N3O4S/c1-16(2,26(5,22)23)10-21-15(19-3)20-9-11-8-12(24-4)6-7-13(11)25-14(17)18/h6-8,14H,9-10H2,1-5H3,(H2,19,20,21). The smallest absolute Gasteiger partial charge is 0.387 e. The molecule has 1 rings (SSSR count). The highest BCUT2D eigenvalue weighted by Gasteiger charge is 2.30. The van der Waals surface area contributed by atoms with Gasteiger partial charge in [-0.2, -0.15) is 8.78 Å². The number of hydrogen-bond donors (Lipinski definition) is 2. The Balaban J connectivity index is 2.82. The zero-order chi connectivity index (χ0) is 20.0. The first-order chi connectivity index (χ1) is 12.0. The molecule has 0 saturated carbocycles. The molecule has 0 aliphatic heterocycles. The molecule has 148 valence electrons. The third kappa shape index (κ3) is 6.32. The van der Waals surface area contributed by atoms with Gasteiger partial charge in [0, 0.05) is 32.0 Å². The van der Waals surface area contributed by atoms with E-state index in [1.807, 2.05) is 0 Å². The lowest BCUT2D eigenvalue weighted by molar-refractivity contribution is -0.0505. The Labute approximate surface area is 152 Å². The SMILES string of the molecule is CN=C(NCc1cc(OC)ccc1OC(F)F)NCC(C)(C)S(C)(=O)=O. The van der Waals surface area contributed by atoms with Crippen LogP contribution in [0.2, 0.25) is 0 Å². The van der Waals surface area contributed by atoms with E-state index in [4.69, 9.17) is 4.74 Å². The molecule has 0 heterocycles. The molecule has 1 aromatic rings. The molecule has 0 spiro atoms. The van der Waals surface area contributed by atoms with Crippen LogP contribution >= 0.6 is 0 Å². The van der Waals surface area contributed by atoms with Crippen LogP contribution in [0.25, 0.3) is 0 Å². The van der Waals surface area contributed by atoms with Crippen molar-refractivity contribution in [2.75, 3.05) is 27.0 Å². The van der Waals surface area contributed by atoms with E-state index in [-0.39, 0.29) is 18.8 Å². The molecule has 0 fully saturated rings. The second-order valence-electron chi connectivity index (χ2n) is 6.16. The predicted molar refractivity (Wildman–Crippen MR) is 96.8 cm³/mol. The Morgan fingerprint density at radius 3 is 2.46 bits per heavy atom. The van der Waals surface area contributed by atoms with Crippen molar-refractivity contribution in [1.82, 2.24) is 10.6 Å². The zero-order valence-corrected chi connectivity index (χ0v) is 16.3. The quantitative estimate of drug-likeness (QED) is 0.517. The Morgan fingerprint density at radius 1 is 1.31 bits per heavy atom. The molecule has 0 saturated heterocycles. The Morgan fingerprint density at radius 2 is 1.96 bits per heavy atom. The normalized spacial score (nSPS) is 12.8. The van der Waals surface area contributed by atoms with E-state index in [1.165, 1.54) is 26.3 Å². The molecule has 0 aliphatic carbocycles. The molecule has 0 aromatic heterocycles. The summed E-state index contributed by atoms with van der Waals surface area (Å²) in [4.78, 5) is 4.00. The molecule has 2 N–H and O–H groups in total. The summed E-state index contributed by atoms with van der Waals surface area (Å²) >= 11 is 0. The summed E-state index contributed by atoms with van der Waals surface area (Å²) in [5, 5.41) is 5.85. The minimum Gasteiger partial charge on any atom is -0.497 e. The number of ether oxygens (including phenoxy) is 2. The van der Waals surface area contributed by atoms with Crippen molar-refractivity contribution in [2.24, 2.45) is 4.99 Å². The van der Waals surface area contributed by atoms with E-state index in [9.17, 15) is 17.2 Å². The summed E-state index contributed by atoms with van der Waals surface area (Å²) in [6, 6.07) is 4.48. The van der Waals surface area contributed by atoms with E-state index in [1.54, 1.807) is 19.9 Å². The predicted octanol–water partition coefficient (Wildman–Crippen LogP) is 1.78. The van der Waals surface area contributed by atoms with Gasteiger partial charge >= 0.3 is 6.61 Å². The first-order valence-corrected chi connectivity index (χ1v) is 9.65. The van der Waals surface area contributed by atoms with Gasteiger partial charge in [0.15, 0.2) is 15.8 Å². The van der Waals surface area contributed by atoms with Crippen LogP contribution in [0.1, 0.15) is 19.4 Å². The number of sulfone groups is 1. The minimum atomic E-state index is -3.27. The monoisotopic (exact) mass is 393 g/mol. The van der Waals surface area contributed by atoms with Gasteiger partial charge in [0.25, 0.3) is 0 Å². The van der Waals surface area contributed by atoms with Crippen molar-refractivity contribution in [3.63, 3.8) is 0 Å². The lowest BCUT2D eigenvalue weighted by Gasteiger charge is -2.24. The maximum absolute atomic E-state index is 12.5.